The number of nitrogens with zero attached hydrogens (tertiary/aromatic N) is 6. The molecule has 3 aromatic rings. The van der Waals surface area contributed by atoms with Gasteiger partial charge in [-0.2, -0.15) is 5.10 Å². The fourth-order valence-corrected chi connectivity index (χ4v) is 6.83. The van der Waals surface area contributed by atoms with Gasteiger partial charge >= 0.3 is 5.69 Å². The number of benzene rings is 1. The van der Waals surface area contributed by atoms with E-state index in [4.69, 9.17) is 11.6 Å². The van der Waals surface area contributed by atoms with Crippen LogP contribution in [0.15, 0.2) is 36.8 Å². The van der Waals surface area contributed by atoms with Crippen LogP contribution in [0.1, 0.15) is 54.6 Å². The fraction of sp³-hybridized carbons (Fsp3) is 0.478. The molecule has 11 heteroatoms. The summed E-state index contributed by atoms with van der Waals surface area (Å²) in [4.78, 5) is 28.4. The van der Waals surface area contributed by atoms with Crippen LogP contribution in [0.5, 0.6) is 0 Å². The summed E-state index contributed by atoms with van der Waals surface area (Å²) in [6, 6.07) is 7.38. The van der Waals surface area contributed by atoms with E-state index in [1.54, 1.807) is 15.4 Å². The smallest absolute Gasteiger partial charge is 0.287 e. The first-order chi connectivity index (χ1) is 16.4. The first kappa shape index (κ1) is 21.3. The summed E-state index contributed by atoms with van der Waals surface area (Å²) in [6.45, 7) is 0.378. The maximum atomic E-state index is 13.0. The Hall–Kier alpha value is -3.27. The molecule has 0 saturated heterocycles. The maximum Gasteiger partial charge on any atom is 0.320 e. The summed E-state index contributed by atoms with van der Waals surface area (Å²) in [6.07, 6.45) is 9.61. The number of anilines is 1. The molecule has 1 aromatic carbocycles. The van der Waals surface area contributed by atoms with Gasteiger partial charge in [0.2, 0.25) is 11.6 Å². The molecule has 7 rings (SSSR count). The zero-order valence-corrected chi connectivity index (χ0v) is 19.2. The van der Waals surface area contributed by atoms with Gasteiger partial charge in [0.1, 0.15) is 12.5 Å². The van der Waals surface area contributed by atoms with Crippen LogP contribution >= 0.6 is 11.6 Å². The highest BCUT2D eigenvalue weighted by Crippen LogP contribution is 2.58. The summed E-state index contributed by atoms with van der Waals surface area (Å²) >= 11 is 6.20. The van der Waals surface area contributed by atoms with Gasteiger partial charge in [0, 0.05) is 5.02 Å². The van der Waals surface area contributed by atoms with Gasteiger partial charge in [-0.3, -0.25) is 24.9 Å². The first-order valence-corrected chi connectivity index (χ1v) is 11.9. The first-order valence-electron chi connectivity index (χ1n) is 11.6. The zero-order valence-electron chi connectivity index (χ0n) is 18.4. The lowest BCUT2D eigenvalue weighted by Crippen LogP contribution is -2.52. The van der Waals surface area contributed by atoms with Crippen molar-refractivity contribution in [2.24, 2.45) is 17.8 Å². The number of hydrogen-bond acceptors (Lipinski definition) is 6. The third kappa shape index (κ3) is 3.66. The molecule has 1 N–H and O–H groups in total. The van der Waals surface area contributed by atoms with Crippen molar-refractivity contribution in [3.63, 3.8) is 0 Å². The minimum atomic E-state index is -0.689. The Morgan fingerprint density at radius 2 is 1.82 bits per heavy atom. The van der Waals surface area contributed by atoms with Crippen molar-refractivity contribution < 1.29 is 9.72 Å². The predicted molar refractivity (Wildman–Crippen MR) is 124 cm³/mol. The molecule has 2 heterocycles. The topological polar surface area (TPSA) is 121 Å². The maximum absolute atomic E-state index is 13.0. The van der Waals surface area contributed by atoms with Crippen LogP contribution in [-0.2, 0) is 12.1 Å². The van der Waals surface area contributed by atoms with Gasteiger partial charge in [-0.1, -0.05) is 29.8 Å². The van der Waals surface area contributed by atoms with Crippen molar-refractivity contribution in [2.45, 2.75) is 50.6 Å². The van der Waals surface area contributed by atoms with Gasteiger partial charge in [-0.05, 0) is 67.9 Å². The SMILES string of the molecule is O=C(Nc1ncn(Cc2ccccc2Cl)n1)c1nn(C23CC4CC(CC(C4)C2)C3)cc1[N+](=O)[O-]. The summed E-state index contributed by atoms with van der Waals surface area (Å²) in [7, 11) is 0. The molecule has 34 heavy (non-hydrogen) atoms. The average molecular weight is 482 g/mol. The van der Waals surface area contributed by atoms with Gasteiger partial charge in [-0.15, -0.1) is 5.10 Å². The molecule has 0 aliphatic heterocycles. The molecule has 4 aliphatic carbocycles. The molecule has 0 unspecified atom stereocenters. The van der Waals surface area contributed by atoms with Crippen LogP contribution in [0, 0.1) is 27.9 Å². The molecule has 2 aromatic heterocycles. The standard InChI is InChI=1S/C23H24ClN7O3/c24-18-4-2-1-3-17(18)11-29-13-25-22(28-29)26-21(32)20-19(31(33)34)12-30(27-20)23-8-14-5-15(9-23)7-16(6-14)10-23/h1-4,12-16H,5-11H2,(H,26,28,32). The highest BCUT2D eigenvalue weighted by molar-refractivity contribution is 6.31. The van der Waals surface area contributed by atoms with Gasteiger partial charge in [0.25, 0.3) is 5.91 Å². The normalized spacial score (nSPS) is 27.1. The van der Waals surface area contributed by atoms with Gasteiger partial charge in [0.15, 0.2) is 0 Å². The largest absolute Gasteiger partial charge is 0.320 e. The van der Waals surface area contributed by atoms with E-state index in [0.29, 0.717) is 29.3 Å². The quantitative estimate of drug-likeness (QED) is 0.414. The molecule has 4 bridgehead atoms. The Kier molecular flexibility index (Phi) is 4.94. The zero-order chi connectivity index (χ0) is 23.4. The van der Waals surface area contributed by atoms with E-state index in [1.807, 2.05) is 18.2 Å². The minimum Gasteiger partial charge on any atom is -0.287 e. The van der Waals surface area contributed by atoms with E-state index in [9.17, 15) is 14.9 Å². The van der Waals surface area contributed by atoms with E-state index in [-0.39, 0.29) is 22.9 Å². The van der Waals surface area contributed by atoms with Crippen LogP contribution < -0.4 is 5.32 Å². The second kappa shape index (κ2) is 7.90. The Morgan fingerprint density at radius 3 is 2.47 bits per heavy atom. The number of amides is 1. The number of nitrogens with one attached hydrogen (secondary N) is 1. The van der Waals surface area contributed by atoms with Crippen LogP contribution in [0.2, 0.25) is 5.02 Å². The number of hydrogen-bond donors (Lipinski definition) is 1. The highest BCUT2D eigenvalue weighted by atomic mass is 35.5. The molecule has 4 aliphatic rings. The van der Waals surface area contributed by atoms with Crippen molar-refractivity contribution in [1.29, 1.82) is 0 Å². The Labute approximate surface area is 200 Å². The summed E-state index contributed by atoms with van der Waals surface area (Å²) < 4.78 is 3.27. The molecule has 0 spiro atoms. The predicted octanol–water partition coefficient (Wildman–Crippen LogP) is 4.26. The number of carbonyl (C=O) groups is 1. The number of rotatable bonds is 6. The van der Waals surface area contributed by atoms with Gasteiger partial charge < -0.3 is 0 Å². The van der Waals surface area contributed by atoms with Gasteiger partial charge in [-0.25, -0.2) is 9.67 Å². The van der Waals surface area contributed by atoms with Gasteiger partial charge in [0.05, 0.1) is 17.0 Å². The molecule has 0 radical (unpaired) electrons. The van der Waals surface area contributed by atoms with Crippen molar-refractivity contribution in [1.82, 2.24) is 24.5 Å². The second-order valence-electron chi connectivity index (χ2n) is 10.0. The van der Waals surface area contributed by atoms with Crippen molar-refractivity contribution in [3.05, 3.63) is 63.2 Å². The van der Waals surface area contributed by atoms with E-state index in [1.165, 1.54) is 31.8 Å². The summed E-state index contributed by atoms with van der Waals surface area (Å²) in [5.74, 6) is 1.32. The molecular weight excluding hydrogens is 458 g/mol. The summed E-state index contributed by atoms with van der Waals surface area (Å²) in [5, 5.41) is 23.7. The molecule has 0 atom stereocenters. The van der Waals surface area contributed by atoms with E-state index < -0.39 is 10.8 Å². The average Bonchev–Trinajstić information content (AvgIpc) is 3.42. The molecular formula is C23H24ClN7O3. The lowest BCUT2D eigenvalue weighted by molar-refractivity contribution is -0.385. The molecule has 10 nitrogen and oxygen atoms in total. The number of aromatic nitrogens is 5. The minimum absolute atomic E-state index is 0.0516. The second-order valence-corrected chi connectivity index (χ2v) is 10.4. The van der Waals surface area contributed by atoms with Crippen LogP contribution in [0.3, 0.4) is 0 Å². The molecule has 176 valence electrons. The monoisotopic (exact) mass is 481 g/mol. The Bertz CT molecular complexity index is 1250. The molecule has 4 saturated carbocycles. The van der Waals surface area contributed by atoms with Crippen LogP contribution in [-0.4, -0.2) is 35.4 Å². The molecule has 1 amide bonds. The summed E-state index contributed by atoms with van der Waals surface area (Å²) in [5.41, 5.74) is 0.149. The van der Waals surface area contributed by atoms with E-state index >= 15 is 0 Å². The van der Waals surface area contributed by atoms with E-state index in [0.717, 1.165) is 24.8 Å². The third-order valence-corrected chi connectivity index (χ3v) is 8.02. The number of carbonyl (C=O) groups excluding carboxylic acids is 1. The van der Waals surface area contributed by atoms with Crippen molar-refractivity contribution in [2.75, 3.05) is 5.32 Å². The lowest BCUT2D eigenvalue weighted by Gasteiger charge is -2.56. The lowest BCUT2D eigenvalue weighted by atomic mass is 9.53. The third-order valence-electron chi connectivity index (χ3n) is 7.65. The van der Waals surface area contributed by atoms with Crippen molar-refractivity contribution >= 4 is 29.1 Å². The van der Waals surface area contributed by atoms with Crippen LogP contribution in [0.25, 0.3) is 0 Å². The number of halogens is 1. The highest BCUT2D eigenvalue weighted by Gasteiger charge is 2.53. The fourth-order valence-electron chi connectivity index (χ4n) is 6.64. The van der Waals surface area contributed by atoms with Crippen LogP contribution in [0.4, 0.5) is 11.6 Å². The Morgan fingerprint density at radius 1 is 1.15 bits per heavy atom. The van der Waals surface area contributed by atoms with Crippen molar-refractivity contribution in [3.8, 4) is 0 Å². The number of nitro groups is 1. The Balaban J connectivity index is 1.23. The molecule has 4 fully saturated rings. The van der Waals surface area contributed by atoms with E-state index in [2.05, 4.69) is 20.5 Å².